The molecule has 2 rings (SSSR count). The standard InChI is InChI=1S/C16H15FINO2/c1-16(15(20)21-2,11-6-8-13(18)9-7-11)19-14-5-3-4-12(17)10-14/h3-10,19H,1-2H3. The Morgan fingerprint density at radius 1 is 1.24 bits per heavy atom. The Morgan fingerprint density at radius 2 is 1.90 bits per heavy atom. The Bertz CT molecular complexity index is 645. The zero-order valence-electron chi connectivity index (χ0n) is 11.7. The molecule has 0 saturated heterocycles. The van der Waals surface area contributed by atoms with Crippen LogP contribution in [0.15, 0.2) is 48.5 Å². The van der Waals surface area contributed by atoms with Crippen molar-refractivity contribution in [2.24, 2.45) is 0 Å². The summed E-state index contributed by atoms with van der Waals surface area (Å²) in [6.07, 6.45) is 0. The predicted octanol–water partition coefficient (Wildman–Crippen LogP) is 3.93. The number of esters is 1. The van der Waals surface area contributed by atoms with E-state index in [4.69, 9.17) is 4.74 Å². The lowest BCUT2D eigenvalue weighted by Crippen LogP contribution is -2.41. The number of carbonyl (C=O) groups excluding carboxylic acids is 1. The molecule has 0 saturated carbocycles. The van der Waals surface area contributed by atoms with Crippen molar-refractivity contribution in [2.45, 2.75) is 12.5 Å². The molecule has 2 aromatic carbocycles. The predicted molar refractivity (Wildman–Crippen MR) is 88.5 cm³/mol. The third-order valence-electron chi connectivity index (χ3n) is 3.23. The van der Waals surface area contributed by atoms with Crippen LogP contribution in [0.2, 0.25) is 0 Å². The molecule has 3 nitrogen and oxygen atoms in total. The van der Waals surface area contributed by atoms with Crippen LogP contribution in [0.5, 0.6) is 0 Å². The summed E-state index contributed by atoms with van der Waals surface area (Å²) in [7, 11) is 1.33. The largest absolute Gasteiger partial charge is 0.467 e. The van der Waals surface area contributed by atoms with E-state index < -0.39 is 11.5 Å². The van der Waals surface area contributed by atoms with Crippen molar-refractivity contribution in [3.8, 4) is 0 Å². The maximum absolute atomic E-state index is 13.3. The maximum atomic E-state index is 13.3. The number of ether oxygens (including phenoxy) is 1. The van der Waals surface area contributed by atoms with Gasteiger partial charge in [-0.1, -0.05) is 18.2 Å². The number of anilines is 1. The average Bonchev–Trinajstić information content (AvgIpc) is 2.46. The van der Waals surface area contributed by atoms with Gasteiger partial charge in [0.1, 0.15) is 5.82 Å². The molecular formula is C16H15FINO2. The number of benzene rings is 2. The Hall–Kier alpha value is -1.63. The summed E-state index contributed by atoms with van der Waals surface area (Å²) in [4.78, 5) is 12.2. The van der Waals surface area contributed by atoms with Gasteiger partial charge in [0.25, 0.3) is 0 Å². The van der Waals surface area contributed by atoms with Gasteiger partial charge in [-0.25, -0.2) is 9.18 Å². The highest BCUT2D eigenvalue weighted by Gasteiger charge is 2.36. The van der Waals surface area contributed by atoms with Crippen LogP contribution in [0.4, 0.5) is 10.1 Å². The fraction of sp³-hybridized carbons (Fsp3) is 0.188. The average molecular weight is 399 g/mol. The lowest BCUT2D eigenvalue weighted by atomic mass is 9.91. The summed E-state index contributed by atoms with van der Waals surface area (Å²) in [5.41, 5.74) is 0.174. The summed E-state index contributed by atoms with van der Waals surface area (Å²) in [6, 6.07) is 13.5. The number of methoxy groups -OCH3 is 1. The van der Waals surface area contributed by atoms with Crippen molar-refractivity contribution in [1.29, 1.82) is 0 Å². The van der Waals surface area contributed by atoms with Gasteiger partial charge in [0.05, 0.1) is 7.11 Å². The topological polar surface area (TPSA) is 38.3 Å². The van der Waals surface area contributed by atoms with Crippen LogP contribution in [-0.2, 0) is 15.1 Å². The third kappa shape index (κ3) is 3.53. The second kappa shape index (κ2) is 6.43. The molecule has 0 amide bonds. The minimum Gasteiger partial charge on any atom is -0.467 e. The normalized spacial score (nSPS) is 13.3. The summed E-state index contributed by atoms with van der Waals surface area (Å²) in [5.74, 6) is -0.803. The summed E-state index contributed by atoms with van der Waals surface area (Å²) in [6.45, 7) is 1.71. The molecule has 2 aromatic rings. The van der Waals surface area contributed by atoms with Crippen molar-refractivity contribution < 1.29 is 13.9 Å². The summed E-state index contributed by atoms with van der Waals surface area (Å²) < 4.78 is 19.3. The fourth-order valence-electron chi connectivity index (χ4n) is 2.08. The van der Waals surface area contributed by atoms with E-state index in [1.54, 1.807) is 19.1 Å². The first-order valence-electron chi connectivity index (χ1n) is 6.34. The Balaban J connectivity index is 2.42. The van der Waals surface area contributed by atoms with Crippen LogP contribution in [-0.4, -0.2) is 13.1 Å². The van der Waals surface area contributed by atoms with E-state index in [1.807, 2.05) is 24.3 Å². The maximum Gasteiger partial charge on any atom is 0.335 e. The Kier molecular flexibility index (Phi) is 4.82. The first kappa shape index (κ1) is 15.8. The fourth-order valence-corrected chi connectivity index (χ4v) is 2.44. The highest BCUT2D eigenvalue weighted by molar-refractivity contribution is 14.1. The quantitative estimate of drug-likeness (QED) is 0.626. The Morgan fingerprint density at radius 3 is 2.48 bits per heavy atom. The molecule has 5 heteroatoms. The van der Waals surface area contributed by atoms with Gasteiger partial charge in [-0.2, -0.15) is 0 Å². The monoisotopic (exact) mass is 399 g/mol. The second-order valence-corrected chi connectivity index (χ2v) is 6.00. The van der Waals surface area contributed by atoms with E-state index in [1.165, 1.54) is 19.2 Å². The van der Waals surface area contributed by atoms with Gasteiger partial charge in [-0.15, -0.1) is 0 Å². The van der Waals surface area contributed by atoms with Gasteiger partial charge < -0.3 is 10.1 Å². The molecule has 1 N–H and O–H groups in total. The number of nitrogens with one attached hydrogen (secondary N) is 1. The zero-order chi connectivity index (χ0) is 15.5. The van der Waals surface area contributed by atoms with Gasteiger partial charge in [0.15, 0.2) is 5.54 Å². The van der Waals surface area contributed by atoms with Gasteiger partial charge in [0, 0.05) is 9.26 Å². The molecule has 1 unspecified atom stereocenters. The van der Waals surface area contributed by atoms with Crippen LogP contribution in [0.25, 0.3) is 0 Å². The smallest absolute Gasteiger partial charge is 0.335 e. The molecule has 0 aliphatic rings. The van der Waals surface area contributed by atoms with E-state index in [0.29, 0.717) is 5.69 Å². The van der Waals surface area contributed by atoms with Crippen molar-refractivity contribution in [3.05, 3.63) is 63.5 Å². The molecule has 1 atom stereocenters. The molecule has 0 aromatic heterocycles. The molecule has 0 fully saturated rings. The number of hydrogen-bond donors (Lipinski definition) is 1. The van der Waals surface area contributed by atoms with E-state index in [-0.39, 0.29) is 5.82 Å². The lowest BCUT2D eigenvalue weighted by molar-refractivity contribution is -0.145. The van der Waals surface area contributed by atoms with Crippen LogP contribution >= 0.6 is 22.6 Å². The molecule has 21 heavy (non-hydrogen) atoms. The summed E-state index contributed by atoms with van der Waals surface area (Å²) >= 11 is 2.19. The van der Waals surface area contributed by atoms with E-state index in [0.717, 1.165) is 9.13 Å². The first-order valence-corrected chi connectivity index (χ1v) is 7.42. The van der Waals surface area contributed by atoms with E-state index in [9.17, 15) is 9.18 Å². The molecule has 0 spiro atoms. The molecule has 0 heterocycles. The minimum atomic E-state index is -1.09. The number of carbonyl (C=O) groups is 1. The minimum absolute atomic E-state index is 0.366. The molecular weight excluding hydrogens is 384 g/mol. The molecule has 0 aliphatic heterocycles. The number of hydrogen-bond acceptors (Lipinski definition) is 3. The van der Waals surface area contributed by atoms with Gasteiger partial charge >= 0.3 is 5.97 Å². The molecule has 0 aliphatic carbocycles. The van der Waals surface area contributed by atoms with Crippen LogP contribution < -0.4 is 5.32 Å². The first-order chi connectivity index (χ1) is 9.95. The second-order valence-electron chi connectivity index (χ2n) is 4.76. The highest BCUT2D eigenvalue weighted by Crippen LogP contribution is 2.28. The number of rotatable bonds is 4. The SMILES string of the molecule is COC(=O)C(C)(Nc1cccc(F)c1)c1ccc(I)cc1. The van der Waals surface area contributed by atoms with Crippen molar-refractivity contribution in [3.63, 3.8) is 0 Å². The van der Waals surface area contributed by atoms with Gasteiger partial charge in [-0.3, -0.25) is 0 Å². The highest BCUT2D eigenvalue weighted by atomic mass is 127. The van der Waals surface area contributed by atoms with Crippen LogP contribution in [0.3, 0.4) is 0 Å². The zero-order valence-corrected chi connectivity index (χ0v) is 13.8. The van der Waals surface area contributed by atoms with Crippen molar-refractivity contribution in [1.82, 2.24) is 0 Å². The van der Waals surface area contributed by atoms with Crippen molar-refractivity contribution >= 4 is 34.2 Å². The van der Waals surface area contributed by atoms with E-state index >= 15 is 0 Å². The molecule has 0 radical (unpaired) electrons. The van der Waals surface area contributed by atoms with E-state index in [2.05, 4.69) is 27.9 Å². The van der Waals surface area contributed by atoms with Crippen molar-refractivity contribution in [2.75, 3.05) is 12.4 Å². The summed E-state index contributed by atoms with van der Waals surface area (Å²) in [5, 5.41) is 3.07. The Labute approximate surface area is 136 Å². The van der Waals surface area contributed by atoms with Crippen LogP contribution in [0, 0.1) is 9.39 Å². The lowest BCUT2D eigenvalue weighted by Gasteiger charge is -2.29. The number of halogens is 2. The van der Waals surface area contributed by atoms with Gasteiger partial charge in [0.2, 0.25) is 0 Å². The molecule has 0 bridgehead atoms. The van der Waals surface area contributed by atoms with Gasteiger partial charge in [-0.05, 0) is 65.4 Å². The molecule has 110 valence electrons. The third-order valence-corrected chi connectivity index (χ3v) is 3.95. The van der Waals surface area contributed by atoms with Crippen LogP contribution in [0.1, 0.15) is 12.5 Å².